The summed E-state index contributed by atoms with van der Waals surface area (Å²) in [6.45, 7) is 6.60. The Morgan fingerprint density at radius 1 is 0.727 bits per heavy atom. The number of hydrogen-bond acceptors (Lipinski definition) is 8. The molecule has 5 heterocycles. The van der Waals surface area contributed by atoms with E-state index in [1.54, 1.807) is 24.8 Å². The summed E-state index contributed by atoms with van der Waals surface area (Å²) >= 11 is 0. The summed E-state index contributed by atoms with van der Waals surface area (Å²) in [5.74, 6) is 4.13. The third kappa shape index (κ3) is 6.67. The summed E-state index contributed by atoms with van der Waals surface area (Å²) < 4.78 is 2.02. The molecule has 228 valence electrons. The van der Waals surface area contributed by atoms with E-state index in [-0.39, 0.29) is 0 Å². The van der Waals surface area contributed by atoms with Crippen LogP contribution >= 0.6 is 0 Å². The number of pyridine rings is 4. The van der Waals surface area contributed by atoms with Gasteiger partial charge in [-0.2, -0.15) is 0 Å². The highest BCUT2D eigenvalue weighted by Gasteiger charge is 2.21. The minimum Gasteiger partial charge on any atom is -0.383 e. The molecule has 0 bridgehead atoms. The first-order valence-electron chi connectivity index (χ1n) is 15.1. The van der Waals surface area contributed by atoms with Crippen molar-refractivity contribution in [2.24, 2.45) is 13.0 Å². The third-order valence-corrected chi connectivity index (χ3v) is 8.60. The number of nitrogens with zero attached hydrogens (tertiary/aromatic N) is 5. The second-order valence-corrected chi connectivity index (χ2v) is 12.0. The highest BCUT2D eigenvalue weighted by molar-refractivity contribution is 5.88. The Morgan fingerprint density at radius 3 is 2.05 bits per heavy atom. The van der Waals surface area contributed by atoms with Crippen molar-refractivity contribution in [3.05, 3.63) is 100 Å². The maximum Gasteiger partial charge on any atom is 0.132 e. The molecule has 2 atom stereocenters. The summed E-state index contributed by atoms with van der Waals surface area (Å²) in [6, 6.07) is 10.1. The summed E-state index contributed by atoms with van der Waals surface area (Å²) in [6.07, 6.45) is 16.8. The molecule has 3 aliphatic carbocycles. The van der Waals surface area contributed by atoms with E-state index in [9.17, 15) is 0 Å². The molecular formula is C35H43N9. The average molecular weight is 590 g/mol. The van der Waals surface area contributed by atoms with E-state index in [0.29, 0.717) is 17.6 Å². The molecule has 9 heteroatoms. The summed E-state index contributed by atoms with van der Waals surface area (Å²) in [5.41, 5.74) is 33.0. The molecule has 0 radical (unpaired) electrons. The normalized spacial score (nSPS) is 17.1. The monoisotopic (exact) mass is 589 g/mol. The van der Waals surface area contributed by atoms with Crippen LogP contribution in [0.4, 0.5) is 23.3 Å². The topological polar surface area (TPSA) is 161 Å². The molecule has 0 fully saturated rings. The lowest BCUT2D eigenvalue weighted by Gasteiger charge is -2.03. The fraction of sp³-hybridized carbons (Fsp3) is 0.314. The van der Waals surface area contributed by atoms with Crippen LogP contribution < -0.4 is 22.9 Å². The van der Waals surface area contributed by atoms with Crippen LogP contribution in [0.5, 0.6) is 0 Å². The van der Waals surface area contributed by atoms with Gasteiger partial charge in [-0.1, -0.05) is 25.5 Å². The lowest BCUT2D eigenvalue weighted by atomic mass is 10.1. The molecule has 0 saturated carbocycles. The SMILES string of the molecule is CC1=Cc2c(ccnc2N)C1.CC1CCc2c1ccnc2N.CC1Cc2ccnc(N)c2C1.Cn1ccc2c(N)nccc21. The maximum atomic E-state index is 5.72. The van der Waals surface area contributed by atoms with Gasteiger partial charge in [-0.05, 0) is 109 Å². The van der Waals surface area contributed by atoms with Crippen LogP contribution in [0.15, 0.2) is 66.9 Å². The number of rotatable bonds is 0. The summed E-state index contributed by atoms with van der Waals surface area (Å²) in [5, 5.41) is 1.02. The van der Waals surface area contributed by atoms with Gasteiger partial charge in [0.1, 0.15) is 23.3 Å². The molecule has 0 amide bonds. The van der Waals surface area contributed by atoms with Gasteiger partial charge in [0.2, 0.25) is 0 Å². The van der Waals surface area contributed by atoms with Crippen LogP contribution in [0, 0.1) is 5.92 Å². The second-order valence-electron chi connectivity index (χ2n) is 12.0. The molecule has 8 N–H and O–H groups in total. The number of nitrogen functional groups attached to an aromatic ring is 4. The molecule has 3 aliphatic rings. The van der Waals surface area contributed by atoms with Crippen molar-refractivity contribution in [3.63, 3.8) is 0 Å². The molecule has 44 heavy (non-hydrogen) atoms. The van der Waals surface area contributed by atoms with Crippen LogP contribution in [0.25, 0.3) is 17.0 Å². The molecule has 9 nitrogen and oxygen atoms in total. The molecule has 0 aromatic carbocycles. The maximum absolute atomic E-state index is 5.72. The van der Waals surface area contributed by atoms with E-state index in [1.807, 2.05) is 36.0 Å². The molecule has 0 saturated heterocycles. The Balaban J connectivity index is 0.000000116. The van der Waals surface area contributed by atoms with Gasteiger partial charge in [-0.25, -0.2) is 19.9 Å². The van der Waals surface area contributed by atoms with Crippen LogP contribution in [-0.4, -0.2) is 24.5 Å². The molecule has 0 aliphatic heterocycles. The fourth-order valence-electron chi connectivity index (χ4n) is 6.22. The Bertz CT molecular complexity index is 1800. The van der Waals surface area contributed by atoms with Crippen LogP contribution in [0.1, 0.15) is 66.5 Å². The standard InChI is InChI=1S/C9H12N2.C9H10N2.C9H12N2.C8H9N3/c2*1-6-4-7-2-3-11-9(10)8(7)5-6;1-6-2-3-8-7(6)4-5-11-9(8)10;1-11-5-3-6-7(11)2-4-10-8(6)9/h2-3,6H,4-5H2,1H3,(H2,10,11);2-3,5H,4H2,1H3,(H2,10,11);4-6H,2-3H2,1H3,(H2,10,11);2-5H,1H3,(H2,9,10). The quantitative estimate of drug-likeness (QED) is 0.174. The number of aryl methyl sites for hydroxylation is 1. The predicted molar refractivity (Wildman–Crippen MR) is 182 cm³/mol. The van der Waals surface area contributed by atoms with Gasteiger partial charge in [-0.15, -0.1) is 0 Å². The Morgan fingerprint density at radius 2 is 1.36 bits per heavy atom. The van der Waals surface area contributed by atoms with E-state index in [1.165, 1.54) is 46.2 Å². The summed E-state index contributed by atoms with van der Waals surface area (Å²) in [7, 11) is 1.99. The van der Waals surface area contributed by atoms with Crippen LogP contribution in [-0.2, 0) is 32.7 Å². The molecular weight excluding hydrogens is 546 g/mol. The van der Waals surface area contributed by atoms with Gasteiger partial charge in [0, 0.05) is 49.0 Å². The lowest BCUT2D eigenvalue weighted by Crippen LogP contribution is -1.96. The number of anilines is 4. The number of nitrogens with two attached hydrogens (primary N) is 4. The second kappa shape index (κ2) is 13.2. The molecule has 5 aromatic heterocycles. The highest BCUT2D eigenvalue weighted by atomic mass is 14.9. The predicted octanol–water partition coefficient (Wildman–Crippen LogP) is 5.89. The van der Waals surface area contributed by atoms with E-state index in [4.69, 9.17) is 22.9 Å². The lowest BCUT2D eigenvalue weighted by molar-refractivity contribution is 0.628. The third-order valence-electron chi connectivity index (χ3n) is 8.60. The number of allylic oxidation sites excluding steroid dienone is 1. The molecule has 8 rings (SSSR count). The molecule has 0 spiro atoms. The number of hydrogen-bond donors (Lipinski definition) is 4. The van der Waals surface area contributed by atoms with Crippen molar-refractivity contribution >= 4 is 40.3 Å². The zero-order chi connectivity index (χ0) is 31.4. The Labute approximate surface area is 259 Å². The minimum atomic E-state index is 0.600. The first kappa shape index (κ1) is 30.5. The zero-order valence-corrected chi connectivity index (χ0v) is 26.1. The summed E-state index contributed by atoms with van der Waals surface area (Å²) in [4.78, 5) is 16.1. The van der Waals surface area contributed by atoms with E-state index < -0.39 is 0 Å². The largest absolute Gasteiger partial charge is 0.383 e. The highest BCUT2D eigenvalue weighted by Crippen LogP contribution is 2.34. The Kier molecular flexibility index (Phi) is 9.13. The van der Waals surface area contributed by atoms with E-state index in [0.717, 1.165) is 53.3 Å². The van der Waals surface area contributed by atoms with Gasteiger partial charge in [0.05, 0.1) is 5.52 Å². The van der Waals surface area contributed by atoms with Gasteiger partial charge < -0.3 is 27.5 Å². The van der Waals surface area contributed by atoms with Gasteiger partial charge >= 0.3 is 0 Å². The van der Waals surface area contributed by atoms with E-state index >= 15 is 0 Å². The smallest absolute Gasteiger partial charge is 0.132 e. The van der Waals surface area contributed by atoms with Crippen molar-refractivity contribution < 1.29 is 0 Å². The van der Waals surface area contributed by atoms with Crippen molar-refractivity contribution in [3.8, 4) is 0 Å². The van der Waals surface area contributed by atoms with Crippen molar-refractivity contribution in [1.82, 2.24) is 24.5 Å². The Hall–Kier alpha value is -4.92. The van der Waals surface area contributed by atoms with Crippen molar-refractivity contribution in [1.29, 1.82) is 0 Å². The van der Waals surface area contributed by atoms with Crippen LogP contribution in [0.3, 0.4) is 0 Å². The van der Waals surface area contributed by atoms with Gasteiger partial charge in [0.25, 0.3) is 0 Å². The fourth-order valence-corrected chi connectivity index (χ4v) is 6.22. The van der Waals surface area contributed by atoms with Crippen molar-refractivity contribution in [2.75, 3.05) is 22.9 Å². The first-order chi connectivity index (χ1) is 21.1. The van der Waals surface area contributed by atoms with Gasteiger partial charge in [-0.3, -0.25) is 0 Å². The minimum absolute atomic E-state index is 0.600. The number of aromatic nitrogens is 5. The molecule has 2 unspecified atom stereocenters. The van der Waals surface area contributed by atoms with E-state index in [2.05, 4.69) is 58.9 Å². The van der Waals surface area contributed by atoms with Crippen LogP contribution in [0.2, 0.25) is 0 Å². The number of fused-ring (bicyclic) bond motifs is 4. The molecule has 5 aromatic rings. The zero-order valence-electron chi connectivity index (χ0n) is 26.1. The van der Waals surface area contributed by atoms with Gasteiger partial charge in [0.15, 0.2) is 0 Å². The average Bonchev–Trinajstić information content (AvgIpc) is 3.77. The van der Waals surface area contributed by atoms with Crippen molar-refractivity contribution in [2.45, 2.75) is 58.8 Å². The first-order valence-corrected chi connectivity index (χ1v) is 15.1.